The molecule has 0 N–H and O–H groups in total. The van der Waals surface area contributed by atoms with Gasteiger partial charge in [-0.2, -0.15) is 0 Å². The fourth-order valence-corrected chi connectivity index (χ4v) is 3.73. The fraction of sp³-hybridized carbons (Fsp3) is 0.467. The molecule has 5 nitrogen and oxygen atoms in total. The number of amides is 2. The predicted molar refractivity (Wildman–Crippen MR) is 72.3 cm³/mol. The maximum atomic E-state index is 13.4. The number of anilines is 1. The average molecular weight is 290 g/mol. The number of rotatable bonds is 1. The van der Waals surface area contributed by atoms with Gasteiger partial charge in [0.15, 0.2) is 0 Å². The molecule has 0 aliphatic carbocycles. The summed E-state index contributed by atoms with van der Waals surface area (Å²) >= 11 is 0. The third kappa shape index (κ3) is 1.72. The van der Waals surface area contributed by atoms with Gasteiger partial charge in [-0.1, -0.05) is 6.07 Å². The first kappa shape index (κ1) is 12.8. The van der Waals surface area contributed by atoms with Gasteiger partial charge < -0.3 is 4.74 Å². The summed E-state index contributed by atoms with van der Waals surface area (Å²) in [7, 11) is 0. The van der Waals surface area contributed by atoms with Gasteiger partial charge in [0.1, 0.15) is 5.82 Å². The number of halogens is 1. The molecule has 0 aromatic heterocycles. The van der Waals surface area contributed by atoms with Crippen molar-refractivity contribution in [2.24, 2.45) is 5.92 Å². The van der Waals surface area contributed by atoms with Crippen molar-refractivity contribution < 1.29 is 18.7 Å². The molecule has 2 amide bonds. The zero-order valence-electron chi connectivity index (χ0n) is 11.4. The molecule has 1 spiro atoms. The molecule has 6 heteroatoms. The summed E-state index contributed by atoms with van der Waals surface area (Å²) < 4.78 is 18.9. The van der Waals surface area contributed by atoms with Gasteiger partial charge in [-0.05, 0) is 44.1 Å². The molecule has 2 bridgehead atoms. The van der Waals surface area contributed by atoms with Crippen LogP contribution in [-0.4, -0.2) is 42.1 Å². The molecule has 4 saturated heterocycles. The van der Waals surface area contributed by atoms with Crippen LogP contribution in [0.15, 0.2) is 24.3 Å². The van der Waals surface area contributed by atoms with Crippen molar-refractivity contribution in [3.8, 4) is 0 Å². The summed E-state index contributed by atoms with van der Waals surface area (Å²) in [6.07, 6.45) is 1.02. The Hall–Kier alpha value is -1.95. The lowest BCUT2D eigenvalue weighted by Crippen LogP contribution is -2.63. The Morgan fingerprint density at radius 3 is 2.62 bits per heavy atom. The lowest BCUT2D eigenvalue weighted by molar-refractivity contribution is -0.148. The van der Waals surface area contributed by atoms with Crippen molar-refractivity contribution in [1.82, 2.24) is 4.90 Å². The Morgan fingerprint density at radius 1 is 1.24 bits per heavy atom. The number of ether oxygens (including phenoxy) is 1. The van der Waals surface area contributed by atoms with Gasteiger partial charge in [0.05, 0.1) is 5.69 Å². The van der Waals surface area contributed by atoms with E-state index in [1.165, 1.54) is 18.2 Å². The van der Waals surface area contributed by atoms with E-state index in [9.17, 15) is 14.0 Å². The van der Waals surface area contributed by atoms with Crippen LogP contribution in [0.3, 0.4) is 0 Å². The van der Waals surface area contributed by atoms with Crippen LogP contribution in [0.5, 0.6) is 0 Å². The van der Waals surface area contributed by atoms with Crippen molar-refractivity contribution in [2.45, 2.75) is 18.4 Å². The Balaban J connectivity index is 1.72. The van der Waals surface area contributed by atoms with E-state index in [0.717, 1.165) is 30.8 Å². The van der Waals surface area contributed by atoms with Crippen LogP contribution in [0.25, 0.3) is 0 Å². The van der Waals surface area contributed by atoms with Crippen LogP contribution >= 0.6 is 0 Å². The standard InChI is InChI=1S/C15H15FN2O3/c16-11-2-1-3-12(8-11)18-13(19)15(21-14(18)20)9-17-6-4-10(15)5-7-17/h1-3,8,10H,4-7,9H2. The SMILES string of the molecule is O=C1OC2(CN3CCC2CC3)C(=O)N1c1cccc(F)c1. The Labute approximate surface area is 121 Å². The topological polar surface area (TPSA) is 49.9 Å². The van der Waals surface area contributed by atoms with Crippen molar-refractivity contribution in [3.63, 3.8) is 0 Å². The minimum absolute atomic E-state index is 0.0671. The maximum absolute atomic E-state index is 13.4. The molecule has 110 valence electrons. The molecule has 5 rings (SSSR count). The smallest absolute Gasteiger partial charge is 0.422 e. The molecule has 4 fully saturated rings. The summed E-state index contributed by atoms with van der Waals surface area (Å²) in [5.41, 5.74) is -0.835. The maximum Gasteiger partial charge on any atom is 0.422 e. The molecule has 0 radical (unpaired) electrons. The van der Waals surface area contributed by atoms with E-state index in [2.05, 4.69) is 4.90 Å². The molecular formula is C15H15FN2O3. The highest BCUT2D eigenvalue weighted by molar-refractivity contribution is 6.20. The van der Waals surface area contributed by atoms with Crippen molar-refractivity contribution in [3.05, 3.63) is 30.1 Å². The number of carbonyl (C=O) groups is 2. The Bertz CT molecular complexity index is 627. The quantitative estimate of drug-likeness (QED) is 0.791. The highest BCUT2D eigenvalue weighted by Crippen LogP contribution is 2.44. The largest absolute Gasteiger partial charge is 0.430 e. The molecule has 21 heavy (non-hydrogen) atoms. The lowest BCUT2D eigenvalue weighted by Gasteiger charge is -2.48. The van der Waals surface area contributed by atoms with Gasteiger partial charge in [-0.15, -0.1) is 0 Å². The molecule has 1 aromatic carbocycles. The Kier molecular flexibility index (Phi) is 2.60. The second kappa shape index (κ2) is 4.27. The van der Waals surface area contributed by atoms with Crippen molar-refractivity contribution in [2.75, 3.05) is 24.5 Å². The third-order valence-electron chi connectivity index (χ3n) is 4.79. The molecule has 4 heterocycles. The summed E-state index contributed by atoms with van der Waals surface area (Å²) in [6.45, 7) is 2.34. The van der Waals surface area contributed by atoms with E-state index < -0.39 is 17.5 Å². The summed E-state index contributed by atoms with van der Waals surface area (Å²) in [4.78, 5) is 28.1. The first-order valence-electron chi connectivity index (χ1n) is 7.16. The number of hydrogen-bond donors (Lipinski definition) is 0. The number of hydrogen-bond acceptors (Lipinski definition) is 4. The van der Waals surface area contributed by atoms with Crippen LogP contribution in [0.4, 0.5) is 14.9 Å². The fourth-order valence-electron chi connectivity index (χ4n) is 3.73. The summed E-state index contributed by atoms with van der Waals surface area (Å²) in [5, 5.41) is 0. The third-order valence-corrected chi connectivity index (χ3v) is 4.79. The molecule has 1 atom stereocenters. The summed E-state index contributed by atoms with van der Waals surface area (Å²) in [5.74, 6) is -0.770. The van der Waals surface area contributed by atoms with E-state index in [1.54, 1.807) is 6.07 Å². The van der Waals surface area contributed by atoms with Crippen LogP contribution < -0.4 is 4.90 Å². The van der Waals surface area contributed by atoms with Crippen LogP contribution in [0.2, 0.25) is 0 Å². The zero-order chi connectivity index (χ0) is 14.6. The molecule has 1 unspecified atom stereocenters. The predicted octanol–water partition coefficient (Wildman–Crippen LogP) is 1.77. The van der Waals surface area contributed by atoms with E-state index >= 15 is 0 Å². The number of piperidine rings is 3. The summed E-state index contributed by atoms with van der Waals surface area (Å²) in [6, 6.07) is 5.48. The van der Waals surface area contributed by atoms with Gasteiger partial charge in [0.25, 0.3) is 5.91 Å². The van der Waals surface area contributed by atoms with Gasteiger partial charge in [-0.3, -0.25) is 9.69 Å². The number of carbonyl (C=O) groups excluding carboxylic acids is 2. The van der Waals surface area contributed by atoms with E-state index in [4.69, 9.17) is 4.74 Å². The molecule has 4 aliphatic rings. The van der Waals surface area contributed by atoms with Gasteiger partial charge >= 0.3 is 6.09 Å². The first-order chi connectivity index (χ1) is 10.1. The van der Waals surface area contributed by atoms with Crippen molar-refractivity contribution >= 4 is 17.7 Å². The van der Waals surface area contributed by atoms with Crippen LogP contribution in [0, 0.1) is 11.7 Å². The average Bonchev–Trinajstić information content (AvgIpc) is 2.71. The molecule has 4 aliphatic heterocycles. The van der Waals surface area contributed by atoms with Crippen LogP contribution in [0.1, 0.15) is 12.8 Å². The Morgan fingerprint density at radius 2 is 2.00 bits per heavy atom. The molecule has 0 saturated carbocycles. The van der Waals surface area contributed by atoms with E-state index in [1.807, 2.05) is 0 Å². The lowest BCUT2D eigenvalue weighted by atomic mass is 9.75. The van der Waals surface area contributed by atoms with Crippen LogP contribution in [-0.2, 0) is 9.53 Å². The zero-order valence-corrected chi connectivity index (χ0v) is 11.4. The first-order valence-corrected chi connectivity index (χ1v) is 7.16. The van der Waals surface area contributed by atoms with E-state index in [-0.39, 0.29) is 17.5 Å². The number of nitrogens with zero attached hydrogens (tertiary/aromatic N) is 2. The molecular weight excluding hydrogens is 275 g/mol. The van der Waals surface area contributed by atoms with Gasteiger partial charge in [0.2, 0.25) is 5.60 Å². The minimum Gasteiger partial charge on any atom is -0.430 e. The van der Waals surface area contributed by atoms with Gasteiger partial charge in [0, 0.05) is 12.5 Å². The van der Waals surface area contributed by atoms with Crippen molar-refractivity contribution in [1.29, 1.82) is 0 Å². The van der Waals surface area contributed by atoms with E-state index in [0.29, 0.717) is 6.54 Å². The second-order valence-electron chi connectivity index (χ2n) is 5.93. The number of benzene rings is 1. The molecule has 1 aromatic rings. The monoisotopic (exact) mass is 290 g/mol. The number of imide groups is 1. The highest BCUT2D eigenvalue weighted by Gasteiger charge is 2.62. The number of fused-ring (bicyclic) bond motifs is 2. The second-order valence-corrected chi connectivity index (χ2v) is 5.93. The highest BCUT2D eigenvalue weighted by atomic mass is 19.1. The minimum atomic E-state index is -1.07. The normalized spacial score (nSPS) is 34.6. The van der Waals surface area contributed by atoms with Gasteiger partial charge in [-0.25, -0.2) is 14.1 Å².